The first-order chi connectivity index (χ1) is 17.5. The molecule has 5 rings (SSSR count). The number of rotatable bonds is 8. The predicted molar refractivity (Wildman–Crippen MR) is 149 cm³/mol. The molecule has 0 spiro atoms. The van der Waals surface area contributed by atoms with E-state index in [0.29, 0.717) is 12.4 Å². The van der Waals surface area contributed by atoms with Gasteiger partial charge in [-0.25, -0.2) is 9.97 Å². The van der Waals surface area contributed by atoms with E-state index in [2.05, 4.69) is 48.4 Å². The molecule has 0 aliphatic heterocycles. The Balaban J connectivity index is 1.59. The van der Waals surface area contributed by atoms with E-state index in [-0.39, 0.29) is 6.04 Å². The number of nitrogens with zero attached hydrogens (tertiary/aromatic N) is 3. The fourth-order valence-corrected chi connectivity index (χ4v) is 5.46. The van der Waals surface area contributed by atoms with Gasteiger partial charge in [0.1, 0.15) is 11.6 Å². The standard InChI is InChI=1S/C29H29N5OS/c1-18-9-10-24(35-3)23(15-18)25-19(2)36-27-26(25)33-28(21-11-13-31-14-12-21)34-29(27)32-17-22(30)16-20-7-5-4-6-8-20/h4-15,22H,16-17,30H2,1-3H3,(H,32,33,34). The third-order valence-corrected chi connectivity index (χ3v) is 7.25. The van der Waals surface area contributed by atoms with E-state index < -0.39 is 0 Å². The molecule has 3 heterocycles. The van der Waals surface area contributed by atoms with Gasteiger partial charge in [0.15, 0.2) is 5.82 Å². The van der Waals surface area contributed by atoms with Crippen molar-refractivity contribution in [2.75, 3.05) is 19.0 Å². The van der Waals surface area contributed by atoms with Gasteiger partial charge in [0.25, 0.3) is 0 Å². The summed E-state index contributed by atoms with van der Waals surface area (Å²) >= 11 is 1.69. The van der Waals surface area contributed by atoms with Crippen LogP contribution in [0.1, 0.15) is 16.0 Å². The summed E-state index contributed by atoms with van der Waals surface area (Å²) in [6.07, 6.45) is 4.30. The highest BCUT2D eigenvalue weighted by atomic mass is 32.1. The van der Waals surface area contributed by atoms with Gasteiger partial charge in [-0.05, 0) is 50.1 Å². The minimum absolute atomic E-state index is 0.0563. The third-order valence-electron chi connectivity index (χ3n) is 6.14. The van der Waals surface area contributed by atoms with Crippen LogP contribution in [0.4, 0.5) is 5.82 Å². The smallest absolute Gasteiger partial charge is 0.162 e. The second-order valence-corrected chi connectivity index (χ2v) is 10.1. The van der Waals surface area contributed by atoms with Crippen molar-refractivity contribution in [3.63, 3.8) is 0 Å². The van der Waals surface area contributed by atoms with Gasteiger partial charge < -0.3 is 15.8 Å². The molecule has 5 aromatic rings. The summed E-state index contributed by atoms with van der Waals surface area (Å²) in [6.45, 7) is 4.81. The number of fused-ring (bicyclic) bond motifs is 1. The van der Waals surface area contributed by atoms with Crippen molar-refractivity contribution in [2.45, 2.75) is 26.3 Å². The average Bonchev–Trinajstić information content (AvgIpc) is 3.24. The zero-order chi connectivity index (χ0) is 25.1. The Morgan fingerprint density at radius 1 is 1.00 bits per heavy atom. The maximum absolute atomic E-state index is 6.50. The molecule has 3 aromatic heterocycles. The van der Waals surface area contributed by atoms with Gasteiger partial charge >= 0.3 is 0 Å². The number of anilines is 1. The molecule has 2 aromatic carbocycles. The van der Waals surface area contributed by atoms with Crippen LogP contribution in [0, 0.1) is 13.8 Å². The monoisotopic (exact) mass is 495 g/mol. The topological polar surface area (TPSA) is 86.0 Å². The van der Waals surface area contributed by atoms with Crippen LogP contribution in [-0.2, 0) is 6.42 Å². The van der Waals surface area contributed by atoms with E-state index in [9.17, 15) is 0 Å². The van der Waals surface area contributed by atoms with Gasteiger partial charge in [0.05, 0.1) is 17.3 Å². The van der Waals surface area contributed by atoms with Gasteiger partial charge in [-0.15, -0.1) is 11.3 Å². The molecule has 0 amide bonds. The van der Waals surface area contributed by atoms with Crippen molar-refractivity contribution >= 4 is 27.4 Å². The number of aryl methyl sites for hydroxylation is 2. The number of aromatic nitrogens is 3. The third kappa shape index (κ3) is 4.94. The summed E-state index contributed by atoms with van der Waals surface area (Å²) in [4.78, 5) is 15.3. The van der Waals surface area contributed by atoms with Crippen LogP contribution in [0.15, 0.2) is 73.1 Å². The summed E-state index contributed by atoms with van der Waals surface area (Å²) < 4.78 is 6.74. The van der Waals surface area contributed by atoms with Crippen molar-refractivity contribution in [3.05, 3.63) is 89.1 Å². The van der Waals surface area contributed by atoms with Gasteiger partial charge in [0.2, 0.25) is 0 Å². The lowest BCUT2D eigenvalue weighted by molar-refractivity contribution is 0.416. The lowest BCUT2D eigenvalue weighted by Gasteiger charge is -2.15. The Kier molecular flexibility index (Phi) is 6.93. The van der Waals surface area contributed by atoms with E-state index in [1.807, 2.05) is 36.4 Å². The van der Waals surface area contributed by atoms with Crippen LogP contribution in [0.3, 0.4) is 0 Å². The molecule has 0 saturated heterocycles. The summed E-state index contributed by atoms with van der Waals surface area (Å²) in [7, 11) is 1.70. The summed E-state index contributed by atoms with van der Waals surface area (Å²) in [5, 5.41) is 3.54. The molecule has 3 N–H and O–H groups in total. The molecule has 0 aliphatic rings. The predicted octanol–water partition coefficient (Wildman–Crippen LogP) is 6.03. The fourth-order valence-electron chi connectivity index (χ4n) is 4.39. The minimum Gasteiger partial charge on any atom is -0.496 e. The Bertz CT molecular complexity index is 1480. The largest absolute Gasteiger partial charge is 0.496 e. The molecular formula is C29H29N5OS. The Hall–Kier alpha value is -3.81. The van der Waals surface area contributed by atoms with E-state index in [0.717, 1.165) is 55.3 Å². The molecule has 0 aliphatic carbocycles. The lowest BCUT2D eigenvalue weighted by Crippen LogP contribution is -2.31. The lowest BCUT2D eigenvalue weighted by atomic mass is 10.0. The van der Waals surface area contributed by atoms with E-state index in [1.54, 1.807) is 30.8 Å². The Labute approximate surface area is 215 Å². The first-order valence-electron chi connectivity index (χ1n) is 11.9. The first kappa shape index (κ1) is 23.9. The molecular weight excluding hydrogens is 466 g/mol. The van der Waals surface area contributed by atoms with Crippen molar-refractivity contribution in [1.29, 1.82) is 0 Å². The van der Waals surface area contributed by atoms with Gasteiger partial charge in [-0.3, -0.25) is 4.98 Å². The van der Waals surface area contributed by atoms with Crippen LogP contribution < -0.4 is 15.8 Å². The highest BCUT2D eigenvalue weighted by molar-refractivity contribution is 7.20. The summed E-state index contributed by atoms with van der Waals surface area (Å²) in [5.41, 5.74) is 12.8. The molecule has 0 bridgehead atoms. The average molecular weight is 496 g/mol. The molecule has 0 fully saturated rings. The zero-order valence-electron chi connectivity index (χ0n) is 20.7. The van der Waals surface area contributed by atoms with Crippen LogP contribution >= 0.6 is 11.3 Å². The van der Waals surface area contributed by atoms with Crippen LogP contribution in [0.2, 0.25) is 0 Å². The Morgan fingerprint density at radius 3 is 2.53 bits per heavy atom. The van der Waals surface area contributed by atoms with Gasteiger partial charge in [0, 0.05) is 46.5 Å². The highest BCUT2D eigenvalue weighted by Gasteiger charge is 2.21. The molecule has 0 radical (unpaired) electrons. The maximum Gasteiger partial charge on any atom is 0.162 e. The molecule has 36 heavy (non-hydrogen) atoms. The zero-order valence-corrected chi connectivity index (χ0v) is 21.5. The maximum atomic E-state index is 6.50. The molecule has 1 unspecified atom stereocenters. The number of methoxy groups -OCH3 is 1. The number of ether oxygens (including phenoxy) is 1. The molecule has 182 valence electrons. The van der Waals surface area contributed by atoms with Crippen molar-refractivity contribution in [1.82, 2.24) is 15.0 Å². The Morgan fingerprint density at radius 2 is 1.78 bits per heavy atom. The van der Waals surface area contributed by atoms with Crippen molar-refractivity contribution in [3.8, 4) is 28.3 Å². The molecule has 6 nitrogen and oxygen atoms in total. The highest BCUT2D eigenvalue weighted by Crippen LogP contribution is 2.44. The van der Waals surface area contributed by atoms with Crippen molar-refractivity contribution in [2.24, 2.45) is 5.73 Å². The quantitative estimate of drug-likeness (QED) is 0.273. The van der Waals surface area contributed by atoms with Gasteiger partial charge in [-0.2, -0.15) is 0 Å². The second-order valence-electron chi connectivity index (χ2n) is 8.88. The van der Waals surface area contributed by atoms with Crippen LogP contribution in [0.5, 0.6) is 5.75 Å². The SMILES string of the molecule is COc1ccc(C)cc1-c1c(C)sc2c(NCC(N)Cc3ccccc3)nc(-c3ccncc3)nc12. The second kappa shape index (κ2) is 10.4. The summed E-state index contributed by atoms with van der Waals surface area (Å²) in [6, 6.07) is 20.3. The number of nitrogens with one attached hydrogen (secondary N) is 1. The van der Waals surface area contributed by atoms with Crippen LogP contribution in [-0.4, -0.2) is 34.6 Å². The van der Waals surface area contributed by atoms with E-state index in [1.165, 1.54) is 5.56 Å². The number of hydrogen-bond donors (Lipinski definition) is 2. The molecule has 7 heteroatoms. The molecule has 1 atom stereocenters. The number of benzene rings is 2. The number of thiophene rings is 1. The number of nitrogens with two attached hydrogens (primary N) is 1. The summed E-state index contributed by atoms with van der Waals surface area (Å²) in [5.74, 6) is 2.27. The van der Waals surface area contributed by atoms with E-state index >= 15 is 0 Å². The van der Waals surface area contributed by atoms with Gasteiger partial charge in [-0.1, -0.05) is 42.0 Å². The number of pyridine rings is 1. The van der Waals surface area contributed by atoms with Crippen LogP contribution in [0.25, 0.3) is 32.7 Å². The molecule has 0 saturated carbocycles. The number of hydrogen-bond acceptors (Lipinski definition) is 7. The normalized spacial score (nSPS) is 12.0. The van der Waals surface area contributed by atoms with Crippen molar-refractivity contribution < 1.29 is 4.74 Å². The first-order valence-corrected chi connectivity index (χ1v) is 12.7. The van der Waals surface area contributed by atoms with E-state index in [4.69, 9.17) is 20.4 Å². The fraction of sp³-hybridized carbons (Fsp3) is 0.207. The minimum atomic E-state index is -0.0563.